The van der Waals surface area contributed by atoms with E-state index in [4.69, 9.17) is 23.7 Å². The molecular formula is C32H47N3O19. The molecule has 0 unspecified atom stereocenters. The maximum atomic E-state index is 12.9. The number of carbonyl (C=O) groups excluding carboxylic acids is 3. The molecule has 304 valence electrons. The molecule has 3 fully saturated rings. The molecule has 0 radical (unpaired) electrons. The van der Waals surface area contributed by atoms with Gasteiger partial charge < -0.3 is 90.7 Å². The van der Waals surface area contributed by atoms with Gasteiger partial charge in [0, 0.05) is 32.4 Å². The van der Waals surface area contributed by atoms with E-state index in [0.717, 1.165) is 13.8 Å². The zero-order valence-electron chi connectivity index (χ0n) is 29.0. The molecule has 0 aliphatic carbocycles. The van der Waals surface area contributed by atoms with Gasteiger partial charge in [-0.3, -0.25) is 14.4 Å². The minimum atomic E-state index is -3.08. The van der Waals surface area contributed by atoms with Crippen LogP contribution in [0.1, 0.15) is 30.6 Å². The molecule has 0 spiro atoms. The number of ether oxygens (including phenoxy) is 5. The SMILES string of the molecule is CC(=O)N[C@@H]1[C@@H](O)[C@H](O[C@@H]2O[C@H](CO)[C@H](O)[C@H](O[C@]3(C(=O)O)C[C@H](O)[C@@H](NC(C)=O)[C@H]([C@H](O)[C@H](O)CNC(=O)c4ccccc4)O3)[C@H]2O)[C@@H](CO)O[C@H]1O. The molecule has 22 heteroatoms. The van der Waals surface area contributed by atoms with Gasteiger partial charge in [0.25, 0.3) is 11.7 Å². The number of aliphatic carboxylic acids is 1. The summed E-state index contributed by atoms with van der Waals surface area (Å²) in [6.07, 6.45) is -26.0. The van der Waals surface area contributed by atoms with Crippen LogP contribution in [0.2, 0.25) is 0 Å². The van der Waals surface area contributed by atoms with Crippen molar-refractivity contribution in [2.45, 2.75) is 118 Å². The Hall–Kier alpha value is -3.46. The van der Waals surface area contributed by atoms with Crippen molar-refractivity contribution >= 4 is 23.7 Å². The van der Waals surface area contributed by atoms with E-state index >= 15 is 0 Å². The fraction of sp³-hybridized carbons (Fsp3) is 0.688. The van der Waals surface area contributed by atoms with E-state index in [0.29, 0.717) is 0 Å². The standard InChI is InChI=1S/C32H47N3O19/c1-12(38)34-19-15(40)8-32(31(48)49,53-26(19)21(42)16(41)9-33-28(46)14-6-4-3-5-7-14)54-27-22(43)17(10-36)51-30(24(27)45)52-25-18(11-37)50-29(47)20(23(25)44)35-13(2)39/h3-7,15-27,29-30,36-37,40-45,47H,8-11H2,1-2H3,(H,33,46)(H,34,38)(H,35,39)(H,48,49)/t15-,16+,17+,18+,19+,20+,21+,22-,23+,24+,25+,26+,27-,29+,30-,32-/m0/s1. The summed E-state index contributed by atoms with van der Waals surface area (Å²) in [6.45, 7) is -0.384. The number of carboxylic acids is 1. The Kier molecular flexibility index (Phi) is 14.8. The lowest BCUT2D eigenvalue weighted by Crippen LogP contribution is -2.71. The van der Waals surface area contributed by atoms with Crippen molar-refractivity contribution in [1.82, 2.24) is 16.0 Å². The highest BCUT2D eigenvalue weighted by molar-refractivity contribution is 5.94. The minimum absolute atomic E-state index is 0.206. The van der Waals surface area contributed by atoms with Gasteiger partial charge in [-0.05, 0) is 12.1 Å². The maximum absolute atomic E-state index is 12.9. The monoisotopic (exact) mass is 777 g/mol. The van der Waals surface area contributed by atoms with Gasteiger partial charge in [0.05, 0.1) is 31.5 Å². The number of aliphatic hydroxyl groups is 9. The van der Waals surface area contributed by atoms with Gasteiger partial charge in [0.15, 0.2) is 12.6 Å². The fourth-order valence-electron chi connectivity index (χ4n) is 6.47. The van der Waals surface area contributed by atoms with Gasteiger partial charge in [-0.25, -0.2) is 4.79 Å². The third kappa shape index (κ3) is 9.66. The quantitative estimate of drug-likeness (QED) is 0.0835. The molecule has 1 aromatic rings. The number of carboxylic acid groups (broad SMARTS) is 1. The van der Waals surface area contributed by atoms with Gasteiger partial charge in [0.2, 0.25) is 11.8 Å². The first-order valence-corrected chi connectivity index (χ1v) is 16.9. The summed E-state index contributed by atoms with van der Waals surface area (Å²) < 4.78 is 27.8. The van der Waals surface area contributed by atoms with Crippen LogP contribution in [-0.4, -0.2) is 192 Å². The molecule has 3 amide bonds. The maximum Gasteiger partial charge on any atom is 0.364 e. The van der Waals surface area contributed by atoms with Crippen molar-refractivity contribution in [3.05, 3.63) is 35.9 Å². The van der Waals surface area contributed by atoms with Crippen LogP contribution in [0.5, 0.6) is 0 Å². The molecule has 3 heterocycles. The van der Waals surface area contributed by atoms with Crippen molar-refractivity contribution in [3.8, 4) is 0 Å². The second kappa shape index (κ2) is 18.4. The predicted octanol–water partition coefficient (Wildman–Crippen LogP) is -6.64. The molecule has 54 heavy (non-hydrogen) atoms. The lowest BCUT2D eigenvalue weighted by atomic mass is 9.88. The molecule has 13 N–H and O–H groups in total. The molecule has 0 bridgehead atoms. The first-order valence-electron chi connectivity index (χ1n) is 16.9. The topological polar surface area (TPSA) is 353 Å². The molecule has 3 aliphatic rings. The van der Waals surface area contributed by atoms with Gasteiger partial charge in [0.1, 0.15) is 61.0 Å². The number of benzene rings is 1. The fourth-order valence-corrected chi connectivity index (χ4v) is 6.47. The van der Waals surface area contributed by atoms with E-state index in [-0.39, 0.29) is 5.56 Å². The average molecular weight is 778 g/mol. The van der Waals surface area contributed by atoms with Gasteiger partial charge in [-0.1, -0.05) is 18.2 Å². The van der Waals surface area contributed by atoms with Gasteiger partial charge in [-0.2, -0.15) is 0 Å². The number of amides is 3. The predicted molar refractivity (Wildman–Crippen MR) is 173 cm³/mol. The largest absolute Gasteiger partial charge is 0.477 e. The van der Waals surface area contributed by atoms with Crippen LogP contribution in [0.15, 0.2) is 30.3 Å². The van der Waals surface area contributed by atoms with E-state index in [1.54, 1.807) is 18.2 Å². The molecular weight excluding hydrogens is 730 g/mol. The number of hydrogen-bond acceptors (Lipinski definition) is 18. The molecule has 0 saturated carbocycles. The van der Waals surface area contributed by atoms with E-state index in [2.05, 4.69) is 16.0 Å². The third-order valence-electron chi connectivity index (χ3n) is 9.19. The number of carbonyl (C=O) groups is 4. The lowest BCUT2D eigenvalue weighted by Gasteiger charge is -2.50. The van der Waals surface area contributed by atoms with E-state index < -0.39 is 147 Å². The number of aliphatic hydroxyl groups excluding tert-OH is 9. The molecule has 3 aliphatic heterocycles. The van der Waals surface area contributed by atoms with Gasteiger partial charge in [-0.15, -0.1) is 0 Å². The Morgan fingerprint density at radius 2 is 1.46 bits per heavy atom. The second-order valence-corrected chi connectivity index (χ2v) is 13.1. The number of nitrogens with one attached hydrogen (secondary N) is 3. The van der Waals surface area contributed by atoms with Crippen LogP contribution in [-0.2, 0) is 38.1 Å². The van der Waals surface area contributed by atoms with Crippen molar-refractivity contribution in [3.63, 3.8) is 0 Å². The summed E-state index contributed by atoms with van der Waals surface area (Å²) in [5.74, 6) is -7.18. The van der Waals surface area contributed by atoms with Crippen LogP contribution < -0.4 is 16.0 Å². The summed E-state index contributed by atoms with van der Waals surface area (Å²) in [4.78, 5) is 49.2. The molecule has 1 aromatic carbocycles. The molecule has 3 saturated heterocycles. The average Bonchev–Trinajstić information content (AvgIpc) is 3.13. The highest BCUT2D eigenvalue weighted by Gasteiger charge is 2.60. The Bertz CT molecular complexity index is 1440. The summed E-state index contributed by atoms with van der Waals surface area (Å²) in [5.41, 5.74) is 0.206. The minimum Gasteiger partial charge on any atom is -0.477 e. The van der Waals surface area contributed by atoms with E-state index in [1.807, 2.05) is 0 Å². The van der Waals surface area contributed by atoms with Crippen molar-refractivity contribution in [2.24, 2.45) is 0 Å². The van der Waals surface area contributed by atoms with Crippen LogP contribution in [0, 0.1) is 0 Å². The summed E-state index contributed by atoms with van der Waals surface area (Å²) in [7, 11) is 0. The first kappa shape index (κ1) is 43.3. The highest BCUT2D eigenvalue weighted by Crippen LogP contribution is 2.38. The first-order chi connectivity index (χ1) is 25.4. The Labute approximate surface area is 307 Å². The Morgan fingerprint density at radius 1 is 0.852 bits per heavy atom. The Balaban J connectivity index is 1.61. The second-order valence-electron chi connectivity index (χ2n) is 13.1. The molecule has 0 aromatic heterocycles. The lowest BCUT2D eigenvalue weighted by molar-refractivity contribution is -0.382. The molecule has 4 rings (SSSR count). The highest BCUT2D eigenvalue weighted by atomic mass is 16.8. The van der Waals surface area contributed by atoms with E-state index in [1.165, 1.54) is 12.1 Å². The summed E-state index contributed by atoms with van der Waals surface area (Å²) >= 11 is 0. The third-order valence-corrected chi connectivity index (χ3v) is 9.19. The van der Waals surface area contributed by atoms with E-state index in [9.17, 15) is 70.2 Å². The smallest absolute Gasteiger partial charge is 0.364 e. The van der Waals surface area contributed by atoms with Crippen LogP contribution in [0.25, 0.3) is 0 Å². The molecule has 22 nitrogen and oxygen atoms in total. The summed E-state index contributed by atoms with van der Waals surface area (Å²) in [5, 5.41) is 114. The van der Waals surface area contributed by atoms with Crippen LogP contribution >= 0.6 is 0 Å². The van der Waals surface area contributed by atoms with Crippen LogP contribution in [0.3, 0.4) is 0 Å². The normalized spacial score (nSPS) is 38.1. The Morgan fingerprint density at radius 3 is 2.04 bits per heavy atom. The van der Waals surface area contributed by atoms with Crippen molar-refractivity contribution < 1.29 is 93.9 Å². The van der Waals surface area contributed by atoms with Crippen LogP contribution in [0.4, 0.5) is 0 Å². The van der Waals surface area contributed by atoms with Gasteiger partial charge >= 0.3 is 5.97 Å². The zero-order chi connectivity index (χ0) is 40.1. The molecule has 16 atom stereocenters. The zero-order valence-corrected chi connectivity index (χ0v) is 29.0. The van der Waals surface area contributed by atoms with Crippen molar-refractivity contribution in [1.29, 1.82) is 0 Å². The number of hydrogen-bond donors (Lipinski definition) is 13. The van der Waals surface area contributed by atoms with Crippen molar-refractivity contribution in [2.75, 3.05) is 19.8 Å². The summed E-state index contributed by atoms with van der Waals surface area (Å²) in [6, 6.07) is 4.67. The number of rotatable bonds is 14.